The van der Waals surface area contributed by atoms with Crippen LogP contribution in [0.1, 0.15) is 20.3 Å². The van der Waals surface area contributed by atoms with Crippen molar-refractivity contribution >= 4 is 11.8 Å². The average Bonchev–Trinajstić information content (AvgIpc) is 2.56. The Morgan fingerprint density at radius 3 is 2.87 bits per heavy atom. The summed E-state index contributed by atoms with van der Waals surface area (Å²) in [5.41, 5.74) is 0. The Balaban J connectivity index is 2.50. The van der Waals surface area contributed by atoms with Crippen molar-refractivity contribution in [2.45, 2.75) is 26.3 Å². The van der Waals surface area contributed by atoms with E-state index in [4.69, 9.17) is 0 Å². The van der Waals surface area contributed by atoms with Crippen LogP contribution >= 0.6 is 0 Å². The zero-order valence-corrected chi connectivity index (χ0v) is 9.32. The Hall–Kier alpha value is -1.32. The van der Waals surface area contributed by atoms with Gasteiger partial charge in [0.15, 0.2) is 0 Å². The third-order valence-corrected chi connectivity index (χ3v) is 2.57. The van der Waals surface area contributed by atoms with Crippen LogP contribution in [0.15, 0.2) is 12.7 Å². The summed E-state index contributed by atoms with van der Waals surface area (Å²) in [5, 5.41) is 2.72. The molecule has 0 aromatic carbocycles. The smallest absolute Gasteiger partial charge is 0.225 e. The first-order valence-electron chi connectivity index (χ1n) is 5.24. The average molecular weight is 210 g/mol. The van der Waals surface area contributed by atoms with Crippen LogP contribution in [0.3, 0.4) is 0 Å². The molecule has 0 spiro atoms. The van der Waals surface area contributed by atoms with Crippen molar-refractivity contribution in [1.29, 1.82) is 0 Å². The highest BCUT2D eigenvalue weighted by molar-refractivity contribution is 5.89. The first-order valence-corrected chi connectivity index (χ1v) is 5.24. The molecule has 1 N–H and O–H groups in total. The molecule has 4 heteroatoms. The molecule has 0 aromatic heterocycles. The fourth-order valence-electron chi connectivity index (χ4n) is 1.72. The van der Waals surface area contributed by atoms with Gasteiger partial charge in [0.2, 0.25) is 11.8 Å². The van der Waals surface area contributed by atoms with Gasteiger partial charge in [-0.05, 0) is 13.8 Å². The van der Waals surface area contributed by atoms with Gasteiger partial charge in [0.1, 0.15) is 0 Å². The SMILES string of the molecule is C=CCNC(=O)C1CC(=O)N(C(C)C)C1. The summed E-state index contributed by atoms with van der Waals surface area (Å²) in [7, 11) is 0. The summed E-state index contributed by atoms with van der Waals surface area (Å²) in [6, 6.07) is 0.176. The van der Waals surface area contributed by atoms with E-state index in [0.717, 1.165) is 0 Å². The fraction of sp³-hybridized carbons (Fsp3) is 0.636. The molecule has 0 radical (unpaired) electrons. The van der Waals surface area contributed by atoms with Crippen molar-refractivity contribution in [3.8, 4) is 0 Å². The molecule has 2 amide bonds. The molecule has 1 rings (SSSR count). The van der Waals surface area contributed by atoms with Gasteiger partial charge in [-0.1, -0.05) is 6.08 Å². The molecule has 4 nitrogen and oxygen atoms in total. The Morgan fingerprint density at radius 2 is 2.40 bits per heavy atom. The molecule has 1 atom stereocenters. The molecule has 1 unspecified atom stereocenters. The summed E-state index contributed by atoms with van der Waals surface area (Å²) in [6.45, 7) is 8.45. The van der Waals surface area contributed by atoms with Crippen molar-refractivity contribution in [2.75, 3.05) is 13.1 Å². The Labute approximate surface area is 90.3 Å². The van der Waals surface area contributed by atoms with Crippen molar-refractivity contribution in [2.24, 2.45) is 5.92 Å². The van der Waals surface area contributed by atoms with Gasteiger partial charge in [-0.2, -0.15) is 0 Å². The van der Waals surface area contributed by atoms with Gasteiger partial charge in [-0.3, -0.25) is 9.59 Å². The summed E-state index contributed by atoms with van der Waals surface area (Å²) in [5.74, 6) is -0.171. The number of amides is 2. The van der Waals surface area contributed by atoms with Crippen LogP contribution in [0.5, 0.6) is 0 Å². The molecule has 0 bridgehead atoms. The quantitative estimate of drug-likeness (QED) is 0.689. The van der Waals surface area contributed by atoms with E-state index in [1.807, 2.05) is 13.8 Å². The van der Waals surface area contributed by atoms with Gasteiger partial charge in [-0.25, -0.2) is 0 Å². The number of carbonyl (C=O) groups is 2. The first kappa shape index (κ1) is 11.8. The van der Waals surface area contributed by atoms with Gasteiger partial charge >= 0.3 is 0 Å². The minimum Gasteiger partial charge on any atom is -0.352 e. The van der Waals surface area contributed by atoms with Crippen LogP contribution < -0.4 is 5.32 Å². The van der Waals surface area contributed by atoms with Crippen LogP contribution in [-0.2, 0) is 9.59 Å². The summed E-state index contributed by atoms with van der Waals surface area (Å²) >= 11 is 0. The van der Waals surface area contributed by atoms with Crippen LogP contribution in [0, 0.1) is 5.92 Å². The minimum absolute atomic E-state index is 0.0496. The molecular weight excluding hydrogens is 192 g/mol. The summed E-state index contributed by atoms with van der Waals surface area (Å²) in [4.78, 5) is 24.9. The lowest BCUT2D eigenvalue weighted by molar-refractivity contribution is -0.129. The molecule has 1 aliphatic heterocycles. The molecule has 0 aliphatic carbocycles. The predicted octanol–water partition coefficient (Wildman–Crippen LogP) is 0.545. The van der Waals surface area contributed by atoms with Gasteiger partial charge in [0, 0.05) is 25.6 Å². The summed E-state index contributed by atoms with van der Waals surface area (Å²) in [6.07, 6.45) is 1.97. The zero-order chi connectivity index (χ0) is 11.4. The fourth-order valence-corrected chi connectivity index (χ4v) is 1.72. The molecule has 1 fully saturated rings. The first-order chi connectivity index (χ1) is 7.06. The standard InChI is InChI=1S/C11H18N2O2/c1-4-5-12-11(15)9-6-10(14)13(7-9)8(2)3/h4,8-9H,1,5-7H2,2-3H3,(H,12,15). The third-order valence-electron chi connectivity index (χ3n) is 2.57. The Kier molecular flexibility index (Phi) is 3.88. The third kappa shape index (κ3) is 2.81. The molecule has 1 saturated heterocycles. The number of hydrogen-bond donors (Lipinski definition) is 1. The Morgan fingerprint density at radius 1 is 1.73 bits per heavy atom. The van der Waals surface area contributed by atoms with Crippen molar-refractivity contribution < 1.29 is 9.59 Å². The number of nitrogens with one attached hydrogen (secondary N) is 1. The number of carbonyl (C=O) groups excluding carboxylic acids is 2. The maximum Gasteiger partial charge on any atom is 0.225 e. The molecule has 1 heterocycles. The number of hydrogen-bond acceptors (Lipinski definition) is 2. The predicted molar refractivity (Wildman–Crippen MR) is 58.2 cm³/mol. The molecule has 1 aliphatic rings. The van der Waals surface area contributed by atoms with Crippen molar-refractivity contribution in [3.63, 3.8) is 0 Å². The number of likely N-dealkylation sites (tertiary alicyclic amines) is 1. The second kappa shape index (κ2) is 4.96. The second-order valence-electron chi connectivity index (χ2n) is 4.07. The van der Waals surface area contributed by atoms with E-state index in [1.165, 1.54) is 0 Å². The van der Waals surface area contributed by atoms with Gasteiger partial charge in [0.05, 0.1) is 5.92 Å². The van der Waals surface area contributed by atoms with E-state index < -0.39 is 0 Å². The van der Waals surface area contributed by atoms with Crippen molar-refractivity contribution in [1.82, 2.24) is 10.2 Å². The van der Waals surface area contributed by atoms with Gasteiger partial charge in [0.25, 0.3) is 0 Å². The number of nitrogens with zero attached hydrogens (tertiary/aromatic N) is 1. The van der Waals surface area contributed by atoms with E-state index >= 15 is 0 Å². The lowest BCUT2D eigenvalue weighted by Gasteiger charge is -2.20. The highest BCUT2D eigenvalue weighted by Crippen LogP contribution is 2.19. The minimum atomic E-state index is -0.195. The van der Waals surface area contributed by atoms with Crippen LogP contribution in [0.4, 0.5) is 0 Å². The highest BCUT2D eigenvalue weighted by atomic mass is 16.2. The van der Waals surface area contributed by atoms with E-state index in [0.29, 0.717) is 19.5 Å². The van der Waals surface area contributed by atoms with Crippen molar-refractivity contribution in [3.05, 3.63) is 12.7 Å². The lowest BCUT2D eigenvalue weighted by atomic mass is 10.1. The Bertz CT molecular complexity index is 274. The normalized spacial score (nSPS) is 20.9. The van der Waals surface area contributed by atoms with Crippen LogP contribution in [0.2, 0.25) is 0 Å². The van der Waals surface area contributed by atoms with Crippen LogP contribution in [-0.4, -0.2) is 35.8 Å². The molecule has 0 saturated carbocycles. The monoisotopic (exact) mass is 210 g/mol. The highest BCUT2D eigenvalue weighted by Gasteiger charge is 2.34. The molecule has 84 valence electrons. The maximum atomic E-state index is 11.6. The zero-order valence-electron chi connectivity index (χ0n) is 9.32. The maximum absolute atomic E-state index is 11.6. The van der Waals surface area contributed by atoms with Gasteiger partial charge in [-0.15, -0.1) is 6.58 Å². The molecule has 0 aromatic rings. The molecule has 15 heavy (non-hydrogen) atoms. The van der Waals surface area contributed by atoms with Gasteiger partial charge < -0.3 is 10.2 Å². The topological polar surface area (TPSA) is 49.4 Å². The van der Waals surface area contributed by atoms with E-state index in [2.05, 4.69) is 11.9 Å². The van der Waals surface area contributed by atoms with E-state index in [9.17, 15) is 9.59 Å². The molecular formula is C11H18N2O2. The lowest BCUT2D eigenvalue weighted by Crippen LogP contribution is -2.35. The largest absolute Gasteiger partial charge is 0.352 e. The number of rotatable bonds is 4. The summed E-state index contributed by atoms with van der Waals surface area (Å²) < 4.78 is 0. The van der Waals surface area contributed by atoms with Crippen LogP contribution in [0.25, 0.3) is 0 Å². The van der Waals surface area contributed by atoms with E-state index in [-0.39, 0.29) is 23.8 Å². The van der Waals surface area contributed by atoms with E-state index in [1.54, 1.807) is 11.0 Å². The second-order valence-corrected chi connectivity index (χ2v) is 4.07.